The number of aldehydes is 1. The summed E-state index contributed by atoms with van der Waals surface area (Å²) in [5.41, 5.74) is 0. The third kappa shape index (κ3) is 19.5. The highest BCUT2D eigenvalue weighted by atomic mass is 16.4. The molecule has 0 bridgehead atoms. The van der Waals surface area contributed by atoms with Gasteiger partial charge in [-0.2, -0.15) is 0 Å². The molecule has 35 heavy (non-hydrogen) atoms. The van der Waals surface area contributed by atoms with Crippen molar-refractivity contribution in [2.45, 2.75) is 122 Å². The Morgan fingerprint density at radius 3 is 1.86 bits per heavy atom. The minimum absolute atomic E-state index is 0.0329. The molecule has 0 aliphatic rings. The molecular formula is C26H46N2O7. The van der Waals surface area contributed by atoms with Gasteiger partial charge in [0.05, 0.1) is 5.92 Å². The molecule has 0 saturated carbocycles. The number of hydrogen-bond acceptors (Lipinski definition) is 5. The zero-order valence-corrected chi connectivity index (χ0v) is 21.4. The molecule has 4 N–H and O–H groups in total. The van der Waals surface area contributed by atoms with Gasteiger partial charge in [0.2, 0.25) is 11.8 Å². The predicted molar refractivity (Wildman–Crippen MR) is 134 cm³/mol. The number of carboxylic acid groups (broad SMARTS) is 2. The molecule has 0 aromatic carbocycles. The van der Waals surface area contributed by atoms with Gasteiger partial charge in [-0.25, -0.2) is 4.79 Å². The molecule has 0 aromatic rings. The van der Waals surface area contributed by atoms with E-state index in [-0.39, 0.29) is 44.6 Å². The minimum Gasteiger partial charge on any atom is -0.481 e. The van der Waals surface area contributed by atoms with Gasteiger partial charge in [0.1, 0.15) is 12.3 Å². The highest BCUT2D eigenvalue weighted by Crippen LogP contribution is 2.18. The summed E-state index contributed by atoms with van der Waals surface area (Å²) in [6.45, 7) is 2.46. The van der Waals surface area contributed by atoms with E-state index in [9.17, 15) is 29.1 Å². The second-order valence-electron chi connectivity index (χ2n) is 9.20. The lowest BCUT2D eigenvalue weighted by molar-refractivity contribution is -0.143. The van der Waals surface area contributed by atoms with E-state index < -0.39 is 29.8 Å². The van der Waals surface area contributed by atoms with Crippen LogP contribution in [0.1, 0.15) is 116 Å². The maximum absolute atomic E-state index is 12.0. The summed E-state index contributed by atoms with van der Waals surface area (Å²) in [7, 11) is 0. The lowest BCUT2D eigenvalue weighted by Crippen LogP contribution is -2.41. The highest BCUT2D eigenvalue weighted by Gasteiger charge is 2.20. The second-order valence-corrected chi connectivity index (χ2v) is 9.20. The van der Waals surface area contributed by atoms with Gasteiger partial charge in [-0.3, -0.25) is 14.4 Å². The van der Waals surface area contributed by atoms with E-state index in [0.29, 0.717) is 19.1 Å². The maximum atomic E-state index is 12.0. The Labute approximate surface area is 209 Å². The van der Waals surface area contributed by atoms with E-state index >= 15 is 0 Å². The Morgan fingerprint density at radius 1 is 0.714 bits per heavy atom. The lowest BCUT2D eigenvalue weighted by atomic mass is 9.95. The summed E-state index contributed by atoms with van der Waals surface area (Å²) < 4.78 is 0. The van der Waals surface area contributed by atoms with Crippen LogP contribution < -0.4 is 10.6 Å². The number of carbonyl (C=O) groups excluding carboxylic acids is 3. The molecule has 202 valence electrons. The quantitative estimate of drug-likeness (QED) is 0.115. The first kappa shape index (κ1) is 32.5. The Hall–Kier alpha value is -2.45. The molecule has 9 heteroatoms. The molecular weight excluding hydrogens is 452 g/mol. The van der Waals surface area contributed by atoms with Gasteiger partial charge < -0.3 is 25.6 Å². The Morgan fingerprint density at radius 2 is 1.31 bits per heavy atom. The molecule has 0 aromatic heterocycles. The zero-order valence-electron chi connectivity index (χ0n) is 21.4. The topological polar surface area (TPSA) is 150 Å². The lowest BCUT2D eigenvalue weighted by Gasteiger charge is -2.14. The molecule has 0 radical (unpaired) electrons. The van der Waals surface area contributed by atoms with Gasteiger partial charge in [0.15, 0.2) is 0 Å². The van der Waals surface area contributed by atoms with Crippen LogP contribution in [0, 0.1) is 5.92 Å². The normalized spacial score (nSPS) is 12.5. The Balaban J connectivity index is 3.93. The van der Waals surface area contributed by atoms with E-state index in [1.54, 1.807) is 0 Å². The Bertz CT molecular complexity index is 625. The average molecular weight is 499 g/mol. The van der Waals surface area contributed by atoms with Crippen molar-refractivity contribution in [3.8, 4) is 0 Å². The Kier molecular flexibility index (Phi) is 20.5. The number of hydrogen-bond donors (Lipinski definition) is 4. The number of aliphatic carboxylic acids is 2. The molecule has 0 heterocycles. The van der Waals surface area contributed by atoms with Gasteiger partial charge in [-0.05, 0) is 25.7 Å². The fraction of sp³-hybridized carbons (Fsp3) is 0.808. The van der Waals surface area contributed by atoms with E-state index in [4.69, 9.17) is 5.11 Å². The number of unbranched alkanes of at least 4 members (excludes halogenated alkanes) is 9. The van der Waals surface area contributed by atoms with Crippen molar-refractivity contribution in [2.24, 2.45) is 5.92 Å². The largest absolute Gasteiger partial charge is 0.481 e. The van der Waals surface area contributed by atoms with Crippen molar-refractivity contribution in [3.05, 3.63) is 0 Å². The summed E-state index contributed by atoms with van der Waals surface area (Å²) in [5, 5.41) is 23.5. The zero-order chi connectivity index (χ0) is 26.3. The van der Waals surface area contributed by atoms with E-state index in [1.807, 2.05) is 0 Å². The van der Waals surface area contributed by atoms with Crippen LogP contribution in [0.2, 0.25) is 0 Å². The average Bonchev–Trinajstić information content (AvgIpc) is 2.82. The molecule has 0 unspecified atom stereocenters. The SMILES string of the molecule is CCCCCCCCCCCC[C@@H](CCC(=O)NCCCC(=O)N[C@@H](CCC=O)C(=O)O)C(=O)O. The fourth-order valence-corrected chi connectivity index (χ4v) is 3.90. The third-order valence-electron chi connectivity index (χ3n) is 6.08. The predicted octanol–water partition coefficient (Wildman–Crippen LogP) is 4.22. The first-order valence-corrected chi connectivity index (χ1v) is 13.3. The first-order chi connectivity index (χ1) is 16.8. The van der Waals surface area contributed by atoms with Crippen LogP contribution in [0.25, 0.3) is 0 Å². The number of nitrogens with one attached hydrogen (secondary N) is 2. The van der Waals surface area contributed by atoms with Crippen LogP contribution in [0.3, 0.4) is 0 Å². The van der Waals surface area contributed by atoms with Gasteiger partial charge in [0, 0.05) is 25.8 Å². The van der Waals surface area contributed by atoms with Gasteiger partial charge >= 0.3 is 11.9 Å². The summed E-state index contributed by atoms with van der Waals surface area (Å²) in [6.07, 6.45) is 13.9. The summed E-state index contributed by atoms with van der Waals surface area (Å²) in [6, 6.07) is -1.11. The molecule has 2 atom stereocenters. The molecule has 0 spiro atoms. The van der Waals surface area contributed by atoms with Crippen LogP contribution in [0.4, 0.5) is 0 Å². The van der Waals surface area contributed by atoms with Crippen molar-refractivity contribution < 1.29 is 34.2 Å². The summed E-state index contributed by atoms with van der Waals surface area (Å²) in [5.74, 6) is -3.30. The minimum atomic E-state index is -1.20. The van der Waals surface area contributed by atoms with Crippen molar-refractivity contribution in [2.75, 3.05) is 6.54 Å². The number of rotatable bonds is 24. The van der Waals surface area contributed by atoms with Gasteiger partial charge in [0.25, 0.3) is 0 Å². The van der Waals surface area contributed by atoms with Crippen molar-refractivity contribution >= 4 is 30.0 Å². The van der Waals surface area contributed by atoms with Crippen molar-refractivity contribution in [3.63, 3.8) is 0 Å². The van der Waals surface area contributed by atoms with E-state index in [2.05, 4.69) is 17.6 Å². The standard InChI is InChI=1S/C26H46N2O7/c1-2-3-4-5-6-7-8-9-10-11-14-21(25(32)33)17-18-23(30)27-19-12-16-24(31)28-22(26(34)35)15-13-20-29/h20-22H,2-19H2,1H3,(H,27,30)(H,28,31)(H,32,33)(H,34,35)/t21-,22-/m0/s1. The molecule has 0 aliphatic heterocycles. The van der Waals surface area contributed by atoms with E-state index in [0.717, 1.165) is 19.3 Å². The third-order valence-corrected chi connectivity index (χ3v) is 6.08. The van der Waals surface area contributed by atoms with E-state index in [1.165, 1.54) is 44.9 Å². The highest BCUT2D eigenvalue weighted by molar-refractivity contribution is 5.83. The van der Waals surface area contributed by atoms with Crippen molar-refractivity contribution in [1.82, 2.24) is 10.6 Å². The maximum Gasteiger partial charge on any atom is 0.326 e. The molecule has 0 fully saturated rings. The molecule has 9 nitrogen and oxygen atoms in total. The molecule has 0 saturated heterocycles. The van der Waals surface area contributed by atoms with Crippen molar-refractivity contribution in [1.29, 1.82) is 0 Å². The smallest absolute Gasteiger partial charge is 0.326 e. The van der Waals surface area contributed by atoms with Crippen LogP contribution in [-0.2, 0) is 24.0 Å². The first-order valence-electron chi connectivity index (χ1n) is 13.3. The molecule has 2 amide bonds. The summed E-state index contributed by atoms with van der Waals surface area (Å²) >= 11 is 0. The van der Waals surface area contributed by atoms with Crippen LogP contribution in [0.15, 0.2) is 0 Å². The summed E-state index contributed by atoms with van der Waals surface area (Å²) in [4.78, 5) is 56.8. The molecule has 0 aliphatic carbocycles. The second kappa shape index (κ2) is 22.0. The van der Waals surface area contributed by atoms with Gasteiger partial charge in [-0.15, -0.1) is 0 Å². The fourth-order valence-electron chi connectivity index (χ4n) is 3.90. The monoisotopic (exact) mass is 498 g/mol. The van der Waals surface area contributed by atoms with Crippen LogP contribution in [-0.4, -0.2) is 52.8 Å². The number of carboxylic acids is 2. The number of amides is 2. The number of carbonyl (C=O) groups is 5. The van der Waals surface area contributed by atoms with Crippen LogP contribution >= 0.6 is 0 Å². The van der Waals surface area contributed by atoms with Gasteiger partial charge in [-0.1, -0.05) is 71.1 Å². The van der Waals surface area contributed by atoms with Crippen LogP contribution in [0.5, 0.6) is 0 Å². The molecule has 0 rings (SSSR count).